The van der Waals surface area contributed by atoms with Crippen LogP contribution in [-0.2, 0) is 0 Å². The van der Waals surface area contributed by atoms with Crippen LogP contribution in [0.25, 0.3) is 10.8 Å². The van der Waals surface area contributed by atoms with Gasteiger partial charge in [-0.15, -0.1) is 0 Å². The number of hydrogen-bond acceptors (Lipinski definition) is 2. The van der Waals surface area contributed by atoms with E-state index < -0.39 is 17.5 Å². The first-order valence-corrected chi connectivity index (χ1v) is 6.80. The molecular formula is C15H8BrF3N2. The Kier molecular flexibility index (Phi) is 3.55. The molecule has 1 heterocycles. The fraction of sp³-hybridized carbons (Fsp3) is 0. The number of rotatable bonds is 2. The maximum absolute atomic E-state index is 13.7. The van der Waals surface area contributed by atoms with Crippen molar-refractivity contribution in [1.29, 1.82) is 0 Å². The number of fused-ring (bicyclic) bond motifs is 1. The molecule has 21 heavy (non-hydrogen) atoms. The number of pyridine rings is 1. The van der Waals surface area contributed by atoms with Crippen LogP contribution in [0.1, 0.15) is 0 Å². The smallest absolute Gasteiger partial charge is 0.149 e. The van der Waals surface area contributed by atoms with Crippen molar-refractivity contribution in [2.75, 3.05) is 5.32 Å². The zero-order valence-electron chi connectivity index (χ0n) is 10.5. The maximum Gasteiger partial charge on any atom is 0.149 e. The molecule has 0 saturated carbocycles. The fourth-order valence-corrected chi connectivity index (χ4v) is 2.49. The van der Waals surface area contributed by atoms with Crippen molar-refractivity contribution < 1.29 is 13.2 Å². The first-order valence-electron chi connectivity index (χ1n) is 6.01. The molecule has 0 bridgehead atoms. The van der Waals surface area contributed by atoms with Crippen molar-refractivity contribution in [2.24, 2.45) is 0 Å². The molecule has 3 aromatic rings. The third kappa shape index (κ3) is 2.58. The average Bonchev–Trinajstić information content (AvgIpc) is 2.46. The predicted molar refractivity (Wildman–Crippen MR) is 79.0 cm³/mol. The zero-order chi connectivity index (χ0) is 15.0. The Labute approximate surface area is 126 Å². The second-order valence-electron chi connectivity index (χ2n) is 4.37. The van der Waals surface area contributed by atoms with E-state index in [-0.39, 0.29) is 5.69 Å². The Bertz CT molecular complexity index is 837. The minimum atomic E-state index is -0.727. The quantitative estimate of drug-likeness (QED) is 0.689. The summed E-state index contributed by atoms with van der Waals surface area (Å²) in [6, 6.07) is 7.69. The topological polar surface area (TPSA) is 24.9 Å². The maximum atomic E-state index is 13.7. The van der Waals surface area contributed by atoms with Crippen LogP contribution < -0.4 is 5.32 Å². The third-order valence-electron chi connectivity index (χ3n) is 3.02. The molecule has 2 aromatic carbocycles. The molecule has 0 saturated heterocycles. The lowest BCUT2D eigenvalue weighted by Crippen LogP contribution is -1.98. The van der Waals surface area contributed by atoms with E-state index >= 15 is 0 Å². The number of aromatic nitrogens is 1. The fourth-order valence-electron chi connectivity index (χ4n) is 2.01. The molecule has 106 valence electrons. The third-order valence-corrected chi connectivity index (χ3v) is 3.82. The molecular weight excluding hydrogens is 345 g/mol. The highest BCUT2D eigenvalue weighted by Crippen LogP contribution is 2.31. The van der Waals surface area contributed by atoms with Crippen molar-refractivity contribution in [2.45, 2.75) is 0 Å². The van der Waals surface area contributed by atoms with Crippen LogP contribution in [0.4, 0.5) is 24.7 Å². The van der Waals surface area contributed by atoms with E-state index in [9.17, 15) is 13.2 Å². The summed E-state index contributed by atoms with van der Waals surface area (Å²) in [6.45, 7) is 0. The van der Waals surface area contributed by atoms with Crippen LogP contribution in [0, 0.1) is 17.5 Å². The number of halogens is 4. The first kappa shape index (κ1) is 13.9. The number of hydrogen-bond donors (Lipinski definition) is 1. The molecule has 0 atom stereocenters. The van der Waals surface area contributed by atoms with Gasteiger partial charge in [-0.25, -0.2) is 18.2 Å². The van der Waals surface area contributed by atoms with E-state index in [1.807, 2.05) is 0 Å². The van der Waals surface area contributed by atoms with Crippen LogP contribution in [0.5, 0.6) is 0 Å². The van der Waals surface area contributed by atoms with Crippen molar-refractivity contribution in [3.63, 3.8) is 0 Å². The summed E-state index contributed by atoms with van der Waals surface area (Å²) in [4.78, 5) is 4.12. The van der Waals surface area contributed by atoms with Gasteiger partial charge in [-0.05, 0) is 46.3 Å². The molecule has 0 amide bonds. The van der Waals surface area contributed by atoms with Gasteiger partial charge >= 0.3 is 0 Å². The number of anilines is 2. The van der Waals surface area contributed by atoms with Gasteiger partial charge in [0.15, 0.2) is 0 Å². The number of nitrogens with one attached hydrogen (secondary N) is 1. The largest absolute Gasteiger partial charge is 0.337 e. The summed E-state index contributed by atoms with van der Waals surface area (Å²) < 4.78 is 40.4. The zero-order valence-corrected chi connectivity index (χ0v) is 12.1. The number of nitrogens with zero attached hydrogens (tertiary/aromatic N) is 1. The monoisotopic (exact) mass is 352 g/mol. The summed E-state index contributed by atoms with van der Waals surface area (Å²) in [7, 11) is 0. The molecule has 0 fully saturated rings. The summed E-state index contributed by atoms with van der Waals surface area (Å²) in [6.07, 6.45) is 1.48. The molecule has 1 N–H and O–H groups in total. The minimum Gasteiger partial charge on any atom is -0.337 e. The summed E-state index contributed by atoms with van der Waals surface area (Å²) in [5.74, 6) is -1.42. The summed E-state index contributed by atoms with van der Waals surface area (Å²) in [5, 5.41) is 4.02. The van der Waals surface area contributed by atoms with Gasteiger partial charge in [0.05, 0.1) is 10.2 Å². The lowest BCUT2D eigenvalue weighted by atomic mass is 10.1. The van der Waals surface area contributed by atoms with Crippen molar-refractivity contribution in [1.82, 2.24) is 4.98 Å². The normalized spacial score (nSPS) is 10.9. The summed E-state index contributed by atoms with van der Waals surface area (Å²) >= 11 is 3.17. The highest BCUT2D eigenvalue weighted by molar-refractivity contribution is 9.10. The van der Waals surface area contributed by atoms with E-state index in [0.29, 0.717) is 21.1 Å². The molecule has 0 unspecified atom stereocenters. The summed E-state index contributed by atoms with van der Waals surface area (Å²) in [5.41, 5.74) is 0.0943. The SMILES string of the molecule is Fc1ccc(Nc2nccc3c(Br)c(F)ccc23)c(F)c1. The predicted octanol–water partition coefficient (Wildman–Crippen LogP) is 5.16. The van der Waals surface area contributed by atoms with Gasteiger partial charge in [0.2, 0.25) is 0 Å². The molecule has 6 heteroatoms. The molecule has 2 nitrogen and oxygen atoms in total. The second-order valence-corrected chi connectivity index (χ2v) is 5.16. The number of benzene rings is 2. The minimum absolute atomic E-state index is 0.0943. The van der Waals surface area contributed by atoms with Crippen molar-refractivity contribution in [3.05, 3.63) is 64.5 Å². The molecule has 0 aliphatic rings. The van der Waals surface area contributed by atoms with Crippen molar-refractivity contribution in [3.8, 4) is 0 Å². The molecule has 1 aromatic heterocycles. The van der Waals surface area contributed by atoms with Crippen LogP contribution in [0.2, 0.25) is 0 Å². The highest BCUT2D eigenvalue weighted by atomic mass is 79.9. The second kappa shape index (κ2) is 5.37. The molecule has 0 aliphatic heterocycles. The van der Waals surface area contributed by atoms with Crippen LogP contribution in [0.15, 0.2) is 47.1 Å². The van der Waals surface area contributed by atoms with Gasteiger partial charge in [-0.3, -0.25) is 0 Å². The van der Waals surface area contributed by atoms with Gasteiger partial charge in [-0.1, -0.05) is 0 Å². The Morgan fingerprint density at radius 1 is 0.905 bits per heavy atom. The van der Waals surface area contributed by atoms with Gasteiger partial charge in [0.1, 0.15) is 23.3 Å². The lowest BCUT2D eigenvalue weighted by Gasteiger charge is -2.10. The Hall–Kier alpha value is -2.08. The molecule has 0 radical (unpaired) electrons. The molecule has 0 spiro atoms. The first-order chi connectivity index (χ1) is 10.1. The van der Waals surface area contributed by atoms with Gasteiger partial charge in [-0.2, -0.15) is 0 Å². The van der Waals surface area contributed by atoms with Crippen LogP contribution in [-0.4, -0.2) is 4.98 Å². The van der Waals surface area contributed by atoms with E-state index in [4.69, 9.17) is 0 Å². The van der Waals surface area contributed by atoms with Gasteiger partial charge in [0.25, 0.3) is 0 Å². The van der Waals surface area contributed by atoms with Gasteiger partial charge in [0, 0.05) is 23.0 Å². The van der Waals surface area contributed by atoms with Crippen LogP contribution >= 0.6 is 15.9 Å². The van der Waals surface area contributed by atoms with E-state index in [1.54, 1.807) is 12.1 Å². The molecule has 3 rings (SSSR count). The average molecular weight is 353 g/mol. The van der Waals surface area contributed by atoms with E-state index in [1.165, 1.54) is 18.3 Å². The van der Waals surface area contributed by atoms with Crippen molar-refractivity contribution >= 4 is 38.2 Å². The molecule has 0 aliphatic carbocycles. The van der Waals surface area contributed by atoms with Gasteiger partial charge < -0.3 is 5.32 Å². The van der Waals surface area contributed by atoms with E-state index in [0.717, 1.165) is 12.1 Å². The Balaban J connectivity index is 2.11. The highest BCUT2D eigenvalue weighted by Gasteiger charge is 2.11. The lowest BCUT2D eigenvalue weighted by molar-refractivity contribution is 0.586. The van der Waals surface area contributed by atoms with Crippen LogP contribution in [0.3, 0.4) is 0 Å². The Morgan fingerprint density at radius 3 is 2.48 bits per heavy atom. The van der Waals surface area contributed by atoms with E-state index in [2.05, 4.69) is 26.2 Å². The standard InChI is InChI=1S/C15H8BrF3N2/c16-14-9-5-6-20-15(10(9)2-3-11(14)18)21-13-4-1-8(17)7-12(13)19/h1-7H,(H,20,21). The Morgan fingerprint density at radius 2 is 1.71 bits per heavy atom.